The number of nitrogens with two attached hydrogens (primary N) is 1. The summed E-state index contributed by atoms with van der Waals surface area (Å²) in [7, 11) is 1.52. The molecule has 94 valence electrons. The molecule has 0 aromatic heterocycles. The van der Waals surface area contributed by atoms with Crippen molar-refractivity contribution in [3.63, 3.8) is 0 Å². The maximum Gasteiger partial charge on any atom is 0.248 e. The van der Waals surface area contributed by atoms with E-state index in [4.69, 9.17) is 22.7 Å². The highest BCUT2D eigenvalue weighted by atomic mass is 32.1. The first kappa shape index (κ1) is 15.3. The Hall–Kier alpha value is -0.680. The lowest BCUT2D eigenvalue weighted by Gasteiger charge is -2.23. The molecule has 5 heteroatoms. The molecule has 0 bridgehead atoms. The van der Waals surface area contributed by atoms with Crippen LogP contribution < -0.4 is 5.73 Å². The highest BCUT2D eigenvalue weighted by molar-refractivity contribution is 7.80. The van der Waals surface area contributed by atoms with E-state index in [0.717, 1.165) is 13.0 Å². The number of methoxy groups -OCH3 is 1. The number of carbonyl (C=O) groups is 1. The normalized spacial score (nSPS) is 10.5. The molecule has 0 atom stereocenters. The average Bonchev–Trinajstić information content (AvgIpc) is 2.17. The first-order valence-corrected chi connectivity index (χ1v) is 5.93. The van der Waals surface area contributed by atoms with Crippen LogP contribution in [0.3, 0.4) is 0 Å². The van der Waals surface area contributed by atoms with E-state index in [1.54, 1.807) is 4.90 Å². The molecule has 2 N–H and O–H groups in total. The molecule has 0 heterocycles. The SMILES string of the molecule is COCC(=O)N(CCC(N)=S)CCC(C)C. The minimum atomic E-state index is -0.000556. The zero-order valence-electron chi connectivity index (χ0n) is 10.4. The van der Waals surface area contributed by atoms with Crippen molar-refractivity contribution in [1.29, 1.82) is 0 Å². The first-order chi connectivity index (χ1) is 7.47. The van der Waals surface area contributed by atoms with Crippen LogP contribution in [-0.2, 0) is 9.53 Å². The smallest absolute Gasteiger partial charge is 0.248 e. The monoisotopic (exact) mass is 246 g/mol. The third-order valence-electron chi connectivity index (χ3n) is 2.23. The van der Waals surface area contributed by atoms with E-state index in [9.17, 15) is 4.79 Å². The van der Waals surface area contributed by atoms with Crippen molar-refractivity contribution < 1.29 is 9.53 Å². The minimum absolute atomic E-state index is 0.000556. The third-order valence-corrected chi connectivity index (χ3v) is 2.43. The summed E-state index contributed by atoms with van der Waals surface area (Å²) in [6, 6.07) is 0. The summed E-state index contributed by atoms with van der Waals surface area (Å²) in [4.78, 5) is 13.9. The van der Waals surface area contributed by atoms with E-state index in [1.165, 1.54) is 7.11 Å². The molecule has 4 nitrogen and oxygen atoms in total. The summed E-state index contributed by atoms with van der Waals surface area (Å²) >= 11 is 4.81. The molecule has 0 aliphatic carbocycles. The van der Waals surface area contributed by atoms with E-state index < -0.39 is 0 Å². The molecule has 0 aromatic carbocycles. The Morgan fingerprint density at radius 1 is 1.44 bits per heavy atom. The highest BCUT2D eigenvalue weighted by Gasteiger charge is 2.13. The number of nitrogens with zero attached hydrogens (tertiary/aromatic N) is 1. The number of hydrogen-bond acceptors (Lipinski definition) is 3. The summed E-state index contributed by atoms with van der Waals surface area (Å²) in [6.45, 7) is 5.71. The van der Waals surface area contributed by atoms with Crippen molar-refractivity contribution in [3.8, 4) is 0 Å². The molecule has 0 radical (unpaired) electrons. The summed E-state index contributed by atoms with van der Waals surface area (Å²) in [5.41, 5.74) is 5.43. The average molecular weight is 246 g/mol. The number of amides is 1. The summed E-state index contributed by atoms with van der Waals surface area (Å²) < 4.78 is 4.84. The van der Waals surface area contributed by atoms with Gasteiger partial charge in [0.25, 0.3) is 0 Å². The lowest BCUT2D eigenvalue weighted by atomic mass is 10.1. The van der Waals surface area contributed by atoms with Crippen LogP contribution in [0.15, 0.2) is 0 Å². The Kier molecular flexibility index (Phi) is 8.11. The van der Waals surface area contributed by atoms with Gasteiger partial charge in [-0.3, -0.25) is 4.79 Å². The van der Waals surface area contributed by atoms with Crippen LogP contribution in [0.5, 0.6) is 0 Å². The van der Waals surface area contributed by atoms with Crippen molar-refractivity contribution in [2.24, 2.45) is 11.7 Å². The Morgan fingerprint density at radius 2 is 2.06 bits per heavy atom. The van der Waals surface area contributed by atoms with Crippen molar-refractivity contribution in [1.82, 2.24) is 4.90 Å². The Balaban J connectivity index is 4.14. The van der Waals surface area contributed by atoms with Gasteiger partial charge in [-0.1, -0.05) is 26.1 Å². The Morgan fingerprint density at radius 3 is 2.50 bits per heavy atom. The predicted octanol–water partition coefficient (Wildman–Crippen LogP) is 1.18. The largest absolute Gasteiger partial charge is 0.393 e. The van der Waals surface area contributed by atoms with Crippen LogP contribution in [0.4, 0.5) is 0 Å². The summed E-state index contributed by atoms with van der Waals surface area (Å²) in [6.07, 6.45) is 1.55. The van der Waals surface area contributed by atoms with Crippen molar-refractivity contribution in [2.75, 3.05) is 26.8 Å². The predicted molar refractivity (Wildman–Crippen MR) is 69.3 cm³/mol. The highest BCUT2D eigenvalue weighted by Crippen LogP contribution is 2.03. The van der Waals surface area contributed by atoms with Gasteiger partial charge >= 0.3 is 0 Å². The molecule has 0 spiro atoms. The summed E-state index contributed by atoms with van der Waals surface area (Å²) in [5.74, 6) is 0.571. The molecular formula is C11H22N2O2S. The second-order valence-electron chi connectivity index (χ2n) is 4.21. The molecule has 1 amide bonds. The minimum Gasteiger partial charge on any atom is -0.393 e. The lowest BCUT2D eigenvalue weighted by Crippen LogP contribution is -2.37. The van der Waals surface area contributed by atoms with Crippen molar-refractivity contribution >= 4 is 23.1 Å². The van der Waals surface area contributed by atoms with Crippen LogP contribution in [0, 0.1) is 5.92 Å². The molecule has 0 saturated carbocycles. The van der Waals surface area contributed by atoms with Gasteiger partial charge in [-0.15, -0.1) is 0 Å². The lowest BCUT2D eigenvalue weighted by molar-refractivity contribution is -0.135. The van der Waals surface area contributed by atoms with Gasteiger partial charge in [0.15, 0.2) is 0 Å². The molecule has 0 rings (SSSR count). The van der Waals surface area contributed by atoms with Gasteiger partial charge in [0.1, 0.15) is 6.61 Å². The quantitative estimate of drug-likeness (QED) is 0.654. The molecular weight excluding hydrogens is 224 g/mol. The molecule has 0 fully saturated rings. The Bertz CT molecular complexity index is 232. The van der Waals surface area contributed by atoms with E-state index in [-0.39, 0.29) is 12.5 Å². The maximum atomic E-state index is 11.7. The Labute approximate surface area is 103 Å². The molecule has 0 saturated heterocycles. The van der Waals surface area contributed by atoms with Gasteiger partial charge in [0.05, 0.1) is 4.99 Å². The van der Waals surface area contributed by atoms with Gasteiger partial charge in [-0.05, 0) is 12.3 Å². The molecule has 0 aliphatic heterocycles. The number of rotatable bonds is 8. The van der Waals surface area contributed by atoms with Gasteiger partial charge in [0.2, 0.25) is 5.91 Å². The fourth-order valence-corrected chi connectivity index (χ4v) is 1.33. The number of ether oxygens (including phenoxy) is 1. The second kappa shape index (κ2) is 8.47. The van der Waals surface area contributed by atoms with Crippen LogP contribution in [0.2, 0.25) is 0 Å². The zero-order chi connectivity index (χ0) is 12.6. The van der Waals surface area contributed by atoms with Crippen LogP contribution in [-0.4, -0.2) is 42.6 Å². The van der Waals surface area contributed by atoms with Crippen LogP contribution >= 0.6 is 12.2 Å². The molecule has 0 aromatic rings. The fourth-order valence-electron chi connectivity index (χ4n) is 1.24. The van der Waals surface area contributed by atoms with E-state index in [2.05, 4.69) is 13.8 Å². The van der Waals surface area contributed by atoms with Gasteiger partial charge in [-0.2, -0.15) is 0 Å². The summed E-state index contributed by atoms with van der Waals surface area (Å²) in [5, 5.41) is 0. The second-order valence-corrected chi connectivity index (χ2v) is 4.74. The fraction of sp³-hybridized carbons (Fsp3) is 0.818. The molecule has 0 aliphatic rings. The van der Waals surface area contributed by atoms with Gasteiger partial charge in [-0.25, -0.2) is 0 Å². The molecule has 0 unspecified atom stereocenters. The van der Waals surface area contributed by atoms with E-state index in [0.29, 0.717) is 23.9 Å². The zero-order valence-corrected chi connectivity index (χ0v) is 11.2. The van der Waals surface area contributed by atoms with Crippen molar-refractivity contribution in [2.45, 2.75) is 26.7 Å². The number of hydrogen-bond donors (Lipinski definition) is 1. The topological polar surface area (TPSA) is 55.6 Å². The maximum absolute atomic E-state index is 11.7. The van der Waals surface area contributed by atoms with Crippen LogP contribution in [0.25, 0.3) is 0 Å². The molecule has 16 heavy (non-hydrogen) atoms. The van der Waals surface area contributed by atoms with E-state index >= 15 is 0 Å². The first-order valence-electron chi connectivity index (χ1n) is 5.52. The van der Waals surface area contributed by atoms with Crippen molar-refractivity contribution in [3.05, 3.63) is 0 Å². The van der Waals surface area contributed by atoms with E-state index in [1.807, 2.05) is 0 Å². The van der Waals surface area contributed by atoms with Gasteiger partial charge < -0.3 is 15.4 Å². The number of thiocarbonyl (C=S) groups is 1. The number of carbonyl (C=O) groups excluding carboxylic acids is 1. The van der Waals surface area contributed by atoms with Gasteiger partial charge in [0, 0.05) is 26.6 Å². The standard InChI is InChI=1S/C11H22N2O2S/c1-9(2)4-6-13(7-5-10(12)16)11(14)8-15-3/h9H,4-8H2,1-3H3,(H2,12,16). The third kappa shape index (κ3) is 7.59. The van der Waals surface area contributed by atoms with Crippen LogP contribution in [0.1, 0.15) is 26.7 Å².